The summed E-state index contributed by atoms with van der Waals surface area (Å²) in [5.41, 5.74) is 1.46. The van der Waals surface area contributed by atoms with E-state index in [1.165, 1.54) is 10.6 Å². The molecule has 1 fully saturated rings. The zero-order chi connectivity index (χ0) is 16.4. The second kappa shape index (κ2) is 6.85. The molecule has 1 aliphatic heterocycles. The van der Waals surface area contributed by atoms with Crippen molar-refractivity contribution in [2.75, 3.05) is 44.7 Å². The first-order valence-corrected chi connectivity index (χ1v) is 9.05. The molecule has 126 valence electrons. The molecule has 1 aromatic rings. The van der Waals surface area contributed by atoms with E-state index in [0.29, 0.717) is 0 Å². The van der Waals surface area contributed by atoms with Gasteiger partial charge >= 0.3 is 0 Å². The lowest BCUT2D eigenvalue weighted by atomic mass is 9.84. The van der Waals surface area contributed by atoms with Gasteiger partial charge < -0.3 is 10.1 Å². The Balaban J connectivity index is 2.00. The average molecular weight is 326 g/mol. The molecule has 0 bridgehead atoms. The van der Waals surface area contributed by atoms with Crippen LogP contribution in [-0.2, 0) is 15.6 Å². The smallest absolute Gasteiger partial charge is 0.183 e. The quantitative estimate of drug-likeness (QED) is 0.919. The average Bonchev–Trinajstić information content (AvgIpc) is 2.84. The molecule has 0 aliphatic carbocycles. The Hall–Kier alpha value is -0.650. The van der Waals surface area contributed by atoms with E-state index < -0.39 is 0 Å². The van der Waals surface area contributed by atoms with Crippen LogP contribution in [0.15, 0.2) is 0 Å². The van der Waals surface area contributed by atoms with Crippen molar-refractivity contribution in [1.29, 1.82) is 0 Å². The zero-order valence-electron chi connectivity index (χ0n) is 15.0. The summed E-state index contributed by atoms with van der Waals surface area (Å²) in [7, 11) is 0. The van der Waals surface area contributed by atoms with Gasteiger partial charge in [0.15, 0.2) is 5.13 Å². The Morgan fingerprint density at radius 3 is 2.23 bits per heavy atom. The number of anilines is 1. The fourth-order valence-corrected chi connectivity index (χ4v) is 3.82. The summed E-state index contributed by atoms with van der Waals surface area (Å²) in [5, 5.41) is 4.58. The van der Waals surface area contributed by atoms with Crippen molar-refractivity contribution in [2.45, 2.75) is 52.4 Å². The van der Waals surface area contributed by atoms with Gasteiger partial charge in [-0.05, 0) is 5.41 Å². The van der Waals surface area contributed by atoms with Crippen molar-refractivity contribution in [3.63, 3.8) is 0 Å². The number of aromatic nitrogens is 1. The fourth-order valence-electron chi connectivity index (χ4n) is 2.56. The van der Waals surface area contributed by atoms with Gasteiger partial charge in [0.25, 0.3) is 0 Å². The number of rotatable bonds is 4. The topological polar surface area (TPSA) is 37.4 Å². The Kier molecular flexibility index (Phi) is 5.51. The second-order valence-electron chi connectivity index (χ2n) is 8.08. The lowest BCUT2D eigenvalue weighted by molar-refractivity contribution is 0.0398. The molecule has 0 saturated carbocycles. The molecule has 0 aromatic carbocycles. The van der Waals surface area contributed by atoms with E-state index in [1.54, 1.807) is 0 Å². The van der Waals surface area contributed by atoms with Crippen LogP contribution < -0.4 is 5.32 Å². The monoisotopic (exact) mass is 325 g/mol. The molecule has 4 nitrogen and oxygen atoms in total. The van der Waals surface area contributed by atoms with Gasteiger partial charge in [0.05, 0.1) is 18.9 Å². The molecule has 1 aliphatic rings. The highest BCUT2D eigenvalue weighted by Gasteiger charge is 2.29. The van der Waals surface area contributed by atoms with Gasteiger partial charge in [0.1, 0.15) is 0 Å². The number of nitrogens with one attached hydrogen (secondary N) is 1. The van der Waals surface area contributed by atoms with Gasteiger partial charge in [-0.1, -0.05) is 41.5 Å². The number of nitrogens with zero attached hydrogens (tertiary/aromatic N) is 2. The molecule has 0 radical (unpaired) electrons. The van der Waals surface area contributed by atoms with Crippen LogP contribution in [0.5, 0.6) is 0 Å². The zero-order valence-corrected chi connectivity index (χ0v) is 15.8. The molecule has 1 saturated heterocycles. The summed E-state index contributed by atoms with van der Waals surface area (Å²) in [6.45, 7) is 19.4. The van der Waals surface area contributed by atoms with Crippen LogP contribution in [-0.4, -0.2) is 49.3 Å². The van der Waals surface area contributed by atoms with Crippen LogP contribution in [0.3, 0.4) is 0 Å². The SMILES string of the molecule is CC(C)(C)c1nc(NCCN2CCOCC2)sc1C(C)(C)C. The Bertz CT molecular complexity index is 448. The summed E-state index contributed by atoms with van der Waals surface area (Å²) < 4.78 is 5.39. The number of morpholine rings is 1. The summed E-state index contributed by atoms with van der Waals surface area (Å²) in [5.74, 6) is 0. The van der Waals surface area contributed by atoms with Gasteiger partial charge in [-0.3, -0.25) is 4.90 Å². The predicted molar refractivity (Wildman–Crippen MR) is 95.3 cm³/mol. The van der Waals surface area contributed by atoms with E-state index >= 15 is 0 Å². The molecule has 2 rings (SSSR count). The number of hydrogen-bond donors (Lipinski definition) is 1. The van der Waals surface area contributed by atoms with Gasteiger partial charge in [0, 0.05) is 36.5 Å². The van der Waals surface area contributed by atoms with Crippen molar-refractivity contribution in [2.24, 2.45) is 0 Å². The first-order chi connectivity index (χ1) is 10.2. The summed E-state index contributed by atoms with van der Waals surface area (Å²) in [4.78, 5) is 8.74. The van der Waals surface area contributed by atoms with Crippen LogP contribution in [0.4, 0.5) is 5.13 Å². The van der Waals surface area contributed by atoms with Crippen molar-refractivity contribution < 1.29 is 4.74 Å². The molecule has 0 amide bonds. The van der Waals surface area contributed by atoms with E-state index in [4.69, 9.17) is 9.72 Å². The predicted octanol–water partition coefficient (Wildman–Crippen LogP) is 3.48. The molecule has 2 heterocycles. The van der Waals surface area contributed by atoms with Crippen molar-refractivity contribution in [3.8, 4) is 0 Å². The standard InChI is InChI=1S/C17H31N3OS/c1-16(2,3)13-14(17(4,5)6)22-15(19-13)18-7-8-20-9-11-21-12-10-20/h7-12H2,1-6H3,(H,18,19). The van der Waals surface area contributed by atoms with Crippen LogP contribution in [0, 0.1) is 0 Å². The van der Waals surface area contributed by atoms with Gasteiger partial charge in [-0.15, -0.1) is 11.3 Å². The molecule has 0 unspecified atom stereocenters. The van der Waals surface area contributed by atoms with Crippen LogP contribution >= 0.6 is 11.3 Å². The Labute approximate surface area is 139 Å². The first kappa shape index (κ1) is 17.7. The maximum atomic E-state index is 5.39. The highest BCUT2D eigenvalue weighted by atomic mass is 32.1. The lowest BCUT2D eigenvalue weighted by Gasteiger charge is -2.26. The van der Waals surface area contributed by atoms with E-state index in [9.17, 15) is 0 Å². The van der Waals surface area contributed by atoms with Crippen LogP contribution in [0.1, 0.15) is 52.1 Å². The molecule has 1 N–H and O–H groups in total. The highest BCUT2D eigenvalue weighted by molar-refractivity contribution is 7.15. The minimum Gasteiger partial charge on any atom is -0.379 e. The number of hydrogen-bond acceptors (Lipinski definition) is 5. The third-order valence-corrected chi connectivity index (χ3v) is 5.27. The van der Waals surface area contributed by atoms with E-state index in [2.05, 4.69) is 51.8 Å². The lowest BCUT2D eigenvalue weighted by Crippen LogP contribution is -2.39. The van der Waals surface area contributed by atoms with Gasteiger partial charge in [-0.25, -0.2) is 4.98 Å². The highest BCUT2D eigenvalue weighted by Crippen LogP contribution is 2.39. The number of thiazole rings is 1. The molecule has 1 aromatic heterocycles. The molecular weight excluding hydrogens is 294 g/mol. The van der Waals surface area contributed by atoms with Crippen LogP contribution in [0.25, 0.3) is 0 Å². The van der Waals surface area contributed by atoms with E-state index in [0.717, 1.165) is 44.5 Å². The van der Waals surface area contributed by atoms with E-state index in [-0.39, 0.29) is 10.8 Å². The Morgan fingerprint density at radius 2 is 1.73 bits per heavy atom. The molecular formula is C17H31N3OS. The van der Waals surface area contributed by atoms with Crippen molar-refractivity contribution >= 4 is 16.5 Å². The summed E-state index contributed by atoms with van der Waals surface area (Å²) in [6, 6.07) is 0. The fraction of sp³-hybridized carbons (Fsp3) is 0.824. The molecule has 22 heavy (non-hydrogen) atoms. The van der Waals surface area contributed by atoms with Crippen molar-refractivity contribution in [1.82, 2.24) is 9.88 Å². The molecule has 5 heteroatoms. The minimum atomic E-state index is 0.0866. The maximum Gasteiger partial charge on any atom is 0.183 e. The van der Waals surface area contributed by atoms with Crippen molar-refractivity contribution in [3.05, 3.63) is 10.6 Å². The van der Waals surface area contributed by atoms with Gasteiger partial charge in [-0.2, -0.15) is 0 Å². The van der Waals surface area contributed by atoms with Gasteiger partial charge in [0.2, 0.25) is 0 Å². The largest absolute Gasteiger partial charge is 0.379 e. The summed E-state index contributed by atoms with van der Waals surface area (Å²) in [6.07, 6.45) is 0. The second-order valence-corrected chi connectivity index (χ2v) is 9.08. The van der Waals surface area contributed by atoms with E-state index in [1.807, 2.05) is 11.3 Å². The first-order valence-electron chi connectivity index (χ1n) is 8.24. The molecule has 0 spiro atoms. The van der Waals surface area contributed by atoms with Crippen LogP contribution in [0.2, 0.25) is 0 Å². The summed E-state index contributed by atoms with van der Waals surface area (Å²) >= 11 is 1.81. The molecule has 0 atom stereocenters. The maximum absolute atomic E-state index is 5.39. The third kappa shape index (κ3) is 4.67. The minimum absolute atomic E-state index is 0.0866. The number of ether oxygens (including phenoxy) is 1. The Morgan fingerprint density at radius 1 is 1.09 bits per heavy atom. The third-order valence-electron chi connectivity index (χ3n) is 3.83. The normalized spacial score (nSPS) is 17.7.